The van der Waals surface area contributed by atoms with Crippen molar-refractivity contribution >= 4 is 28.7 Å². The van der Waals surface area contributed by atoms with Crippen LogP contribution < -0.4 is 10.6 Å². The van der Waals surface area contributed by atoms with E-state index in [0.29, 0.717) is 6.42 Å². The van der Waals surface area contributed by atoms with Crippen molar-refractivity contribution < 1.29 is 19.5 Å². The number of aromatic amines is 1. The number of H-pyrrole nitrogens is 1. The van der Waals surface area contributed by atoms with Gasteiger partial charge in [-0.05, 0) is 30.0 Å². The quantitative estimate of drug-likeness (QED) is 0.401. The van der Waals surface area contributed by atoms with Crippen LogP contribution in [0.3, 0.4) is 0 Å². The summed E-state index contributed by atoms with van der Waals surface area (Å²) in [7, 11) is 0. The Bertz CT molecular complexity index is 1120. The first kappa shape index (κ1) is 24.0. The number of hydrogen-bond acceptors (Lipinski definition) is 3. The van der Waals surface area contributed by atoms with Gasteiger partial charge in [0.1, 0.15) is 12.1 Å². The molecule has 0 bridgehead atoms. The van der Waals surface area contributed by atoms with Crippen molar-refractivity contribution in [1.82, 2.24) is 15.6 Å². The third-order valence-corrected chi connectivity index (χ3v) is 5.58. The number of nitrogens with one attached hydrogen (secondary N) is 3. The van der Waals surface area contributed by atoms with Crippen LogP contribution in [-0.2, 0) is 27.2 Å². The van der Waals surface area contributed by atoms with Gasteiger partial charge >= 0.3 is 5.97 Å². The van der Waals surface area contributed by atoms with Crippen LogP contribution in [0.15, 0.2) is 60.8 Å². The zero-order valence-electron chi connectivity index (χ0n) is 19.2. The van der Waals surface area contributed by atoms with Gasteiger partial charge in [0.15, 0.2) is 0 Å². The Morgan fingerprint density at radius 1 is 0.939 bits per heavy atom. The van der Waals surface area contributed by atoms with Crippen molar-refractivity contribution in [3.05, 3.63) is 71.9 Å². The van der Waals surface area contributed by atoms with Crippen molar-refractivity contribution in [1.29, 1.82) is 0 Å². The van der Waals surface area contributed by atoms with Crippen LogP contribution in [0, 0.1) is 5.41 Å². The number of carboxylic acids is 1. The molecule has 2 amide bonds. The number of benzene rings is 2. The summed E-state index contributed by atoms with van der Waals surface area (Å²) >= 11 is 0. The first-order valence-corrected chi connectivity index (χ1v) is 11.1. The SMILES string of the molecule is CC(C)(C)C(=O)NC(Cc1c[nH]c2ccccc12)C(=O)N[C@@H](CCc1ccccc1)C(=O)O. The van der Waals surface area contributed by atoms with Crippen molar-refractivity contribution in [2.24, 2.45) is 5.41 Å². The average molecular weight is 450 g/mol. The lowest BCUT2D eigenvalue weighted by atomic mass is 9.94. The molecule has 3 aromatic rings. The van der Waals surface area contributed by atoms with E-state index in [2.05, 4.69) is 15.6 Å². The van der Waals surface area contributed by atoms with Gasteiger partial charge in [0.05, 0.1) is 0 Å². The maximum atomic E-state index is 13.2. The first-order valence-electron chi connectivity index (χ1n) is 11.1. The van der Waals surface area contributed by atoms with E-state index in [-0.39, 0.29) is 18.7 Å². The Labute approximate surface area is 193 Å². The lowest BCUT2D eigenvalue weighted by Crippen LogP contribution is -2.54. The molecule has 0 aliphatic rings. The van der Waals surface area contributed by atoms with Gasteiger partial charge in [0.2, 0.25) is 11.8 Å². The monoisotopic (exact) mass is 449 g/mol. The Morgan fingerprint density at radius 3 is 2.27 bits per heavy atom. The molecule has 2 atom stereocenters. The number of aromatic nitrogens is 1. The number of para-hydroxylation sites is 1. The molecule has 4 N–H and O–H groups in total. The van der Waals surface area contributed by atoms with Gasteiger partial charge in [-0.3, -0.25) is 9.59 Å². The minimum atomic E-state index is -1.10. The number of amides is 2. The topological polar surface area (TPSA) is 111 Å². The van der Waals surface area contributed by atoms with Crippen molar-refractivity contribution in [3.8, 4) is 0 Å². The summed E-state index contributed by atoms with van der Waals surface area (Å²) in [4.78, 5) is 40.9. The smallest absolute Gasteiger partial charge is 0.326 e. The normalized spacial score (nSPS) is 13.3. The highest BCUT2D eigenvalue weighted by Crippen LogP contribution is 2.20. The van der Waals surface area contributed by atoms with E-state index < -0.39 is 29.4 Å². The molecule has 0 fully saturated rings. The Kier molecular flexibility index (Phi) is 7.53. The van der Waals surface area contributed by atoms with Gasteiger partial charge in [-0.15, -0.1) is 0 Å². The fourth-order valence-corrected chi connectivity index (χ4v) is 3.59. The van der Waals surface area contributed by atoms with Gasteiger partial charge in [-0.1, -0.05) is 69.3 Å². The molecule has 7 nitrogen and oxygen atoms in total. The summed E-state index contributed by atoms with van der Waals surface area (Å²) in [6.07, 6.45) is 2.82. The van der Waals surface area contributed by atoms with Crippen molar-refractivity contribution in [3.63, 3.8) is 0 Å². The number of carboxylic acid groups (broad SMARTS) is 1. The molecular formula is C26H31N3O4. The van der Waals surface area contributed by atoms with Crippen molar-refractivity contribution in [2.45, 2.75) is 52.1 Å². The second-order valence-electron chi connectivity index (χ2n) is 9.26. The molecule has 0 aliphatic heterocycles. The minimum Gasteiger partial charge on any atom is -0.480 e. The predicted molar refractivity (Wildman–Crippen MR) is 128 cm³/mol. The standard InChI is InChI=1S/C26H31N3O4/c1-26(2,3)25(33)29-22(15-18-16-27-20-12-8-7-11-19(18)20)23(30)28-21(24(31)32)14-13-17-9-5-4-6-10-17/h4-12,16,21-22,27H,13-15H2,1-3H3,(H,28,30)(H,29,33)(H,31,32)/t21-,22?/m0/s1. The molecule has 0 spiro atoms. The van der Waals surface area contributed by atoms with E-state index in [9.17, 15) is 19.5 Å². The van der Waals surface area contributed by atoms with Crippen LogP contribution in [0.1, 0.15) is 38.3 Å². The van der Waals surface area contributed by atoms with Gasteiger partial charge in [-0.25, -0.2) is 4.79 Å². The minimum absolute atomic E-state index is 0.239. The maximum Gasteiger partial charge on any atom is 0.326 e. The highest BCUT2D eigenvalue weighted by molar-refractivity contribution is 5.92. The molecule has 3 rings (SSSR count). The van der Waals surface area contributed by atoms with Crippen molar-refractivity contribution in [2.75, 3.05) is 0 Å². The van der Waals surface area contributed by atoms with Crippen LogP contribution in [0.4, 0.5) is 0 Å². The first-order chi connectivity index (χ1) is 15.6. The number of rotatable bonds is 9. The van der Waals surface area contributed by atoms with E-state index in [1.807, 2.05) is 60.8 Å². The van der Waals surface area contributed by atoms with E-state index in [1.54, 1.807) is 20.8 Å². The van der Waals surface area contributed by atoms with Gasteiger partial charge in [-0.2, -0.15) is 0 Å². The molecular weight excluding hydrogens is 418 g/mol. The van der Waals surface area contributed by atoms with Gasteiger partial charge in [0.25, 0.3) is 0 Å². The van der Waals surface area contributed by atoms with E-state index >= 15 is 0 Å². The molecule has 0 saturated carbocycles. The molecule has 1 heterocycles. The van der Waals surface area contributed by atoms with Crippen LogP contribution in [-0.4, -0.2) is 40.0 Å². The second-order valence-corrected chi connectivity index (χ2v) is 9.26. The summed E-state index contributed by atoms with van der Waals surface area (Å²) in [5.41, 5.74) is 2.10. The molecule has 33 heavy (non-hydrogen) atoms. The van der Waals surface area contributed by atoms with Crippen LogP contribution >= 0.6 is 0 Å². The fourth-order valence-electron chi connectivity index (χ4n) is 3.59. The molecule has 2 aromatic carbocycles. The third-order valence-electron chi connectivity index (χ3n) is 5.58. The summed E-state index contributed by atoms with van der Waals surface area (Å²) in [6, 6.07) is 15.3. The zero-order chi connectivity index (χ0) is 24.0. The molecule has 7 heteroatoms. The van der Waals surface area contributed by atoms with Gasteiger partial charge in [0, 0.05) is 28.9 Å². The summed E-state index contributed by atoms with van der Waals surface area (Å²) in [5.74, 6) is -1.90. The molecule has 0 radical (unpaired) electrons. The van der Waals surface area contributed by atoms with Crippen LogP contribution in [0.2, 0.25) is 0 Å². The molecule has 1 unspecified atom stereocenters. The summed E-state index contributed by atoms with van der Waals surface area (Å²) in [6.45, 7) is 5.30. The average Bonchev–Trinajstić information content (AvgIpc) is 3.18. The lowest BCUT2D eigenvalue weighted by molar-refractivity contribution is -0.142. The van der Waals surface area contributed by atoms with Gasteiger partial charge < -0.3 is 20.7 Å². The van der Waals surface area contributed by atoms with Crippen LogP contribution in [0.5, 0.6) is 0 Å². The summed E-state index contributed by atoms with van der Waals surface area (Å²) in [5, 5.41) is 16.1. The number of carbonyl (C=O) groups excluding carboxylic acids is 2. The molecule has 1 aromatic heterocycles. The zero-order valence-corrected chi connectivity index (χ0v) is 19.2. The predicted octanol–water partition coefficient (Wildman–Crippen LogP) is 3.44. The Hall–Kier alpha value is -3.61. The Balaban J connectivity index is 1.77. The lowest BCUT2D eigenvalue weighted by Gasteiger charge is -2.25. The highest BCUT2D eigenvalue weighted by atomic mass is 16.4. The number of aryl methyl sites for hydroxylation is 1. The molecule has 174 valence electrons. The fraction of sp³-hybridized carbons (Fsp3) is 0.346. The summed E-state index contributed by atoms with van der Waals surface area (Å²) < 4.78 is 0. The van der Waals surface area contributed by atoms with E-state index in [1.165, 1.54) is 0 Å². The van der Waals surface area contributed by atoms with E-state index in [0.717, 1.165) is 22.0 Å². The number of fused-ring (bicyclic) bond motifs is 1. The molecule has 0 saturated heterocycles. The van der Waals surface area contributed by atoms with Crippen LogP contribution in [0.25, 0.3) is 10.9 Å². The number of hydrogen-bond donors (Lipinski definition) is 4. The molecule has 0 aliphatic carbocycles. The number of carbonyl (C=O) groups is 3. The number of aliphatic carboxylic acids is 1. The highest BCUT2D eigenvalue weighted by Gasteiger charge is 2.30. The third kappa shape index (κ3) is 6.44. The van der Waals surface area contributed by atoms with E-state index in [4.69, 9.17) is 0 Å². The maximum absolute atomic E-state index is 13.2. The second kappa shape index (κ2) is 10.3. The largest absolute Gasteiger partial charge is 0.480 e. The Morgan fingerprint density at radius 2 is 1.61 bits per heavy atom.